The van der Waals surface area contributed by atoms with Gasteiger partial charge in [0.2, 0.25) is 10.0 Å². The molecule has 20 heavy (non-hydrogen) atoms. The molecule has 0 saturated heterocycles. The molecule has 1 aromatic carbocycles. The SMILES string of the molecule is CCS(=O)(=O)N1CCc2ccc(S(C)(=O)=O)cc2CC1. The Kier molecular flexibility index (Phi) is 4.22. The Bertz CT molecular complexity index is 708. The number of fused-ring (bicyclic) bond motifs is 1. The molecule has 1 aromatic rings. The Hall–Kier alpha value is -0.920. The van der Waals surface area contributed by atoms with E-state index in [0.29, 0.717) is 30.8 Å². The Morgan fingerprint density at radius 1 is 1.05 bits per heavy atom. The van der Waals surface area contributed by atoms with Crippen LogP contribution in [0, 0.1) is 0 Å². The number of rotatable bonds is 3. The summed E-state index contributed by atoms with van der Waals surface area (Å²) in [5.41, 5.74) is 1.97. The zero-order valence-corrected chi connectivity index (χ0v) is 13.3. The number of hydrogen-bond donors (Lipinski definition) is 0. The fraction of sp³-hybridized carbons (Fsp3) is 0.538. The maximum atomic E-state index is 11.9. The zero-order chi connectivity index (χ0) is 15.0. The Labute approximate surface area is 120 Å². The van der Waals surface area contributed by atoms with Gasteiger partial charge in [0.1, 0.15) is 0 Å². The lowest BCUT2D eigenvalue weighted by Gasteiger charge is -2.18. The zero-order valence-electron chi connectivity index (χ0n) is 11.7. The van der Waals surface area contributed by atoms with E-state index in [1.165, 1.54) is 10.6 Å². The summed E-state index contributed by atoms with van der Waals surface area (Å²) in [5.74, 6) is 0.0952. The Balaban J connectivity index is 2.31. The largest absolute Gasteiger partial charge is 0.224 e. The van der Waals surface area contributed by atoms with Gasteiger partial charge >= 0.3 is 0 Å². The maximum Gasteiger partial charge on any atom is 0.213 e. The molecule has 0 aliphatic carbocycles. The molecule has 1 aliphatic heterocycles. The third-order valence-electron chi connectivity index (χ3n) is 3.63. The highest BCUT2D eigenvalue weighted by atomic mass is 32.2. The van der Waals surface area contributed by atoms with Crippen LogP contribution >= 0.6 is 0 Å². The van der Waals surface area contributed by atoms with Gasteiger partial charge in [-0.25, -0.2) is 21.1 Å². The van der Waals surface area contributed by atoms with Gasteiger partial charge in [-0.1, -0.05) is 6.07 Å². The van der Waals surface area contributed by atoms with Crippen LogP contribution in [-0.2, 0) is 32.7 Å². The van der Waals surface area contributed by atoms with E-state index in [2.05, 4.69) is 0 Å². The summed E-state index contributed by atoms with van der Waals surface area (Å²) < 4.78 is 48.5. The molecule has 0 bridgehead atoms. The fourth-order valence-electron chi connectivity index (χ4n) is 2.37. The average Bonchev–Trinajstić information content (AvgIpc) is 2.59. The number of benzene rings is 1. The molecule has 0 radical (unpaired) electrons. The van der Waals surface area contributed by atoms with Gasteiger partial charge in [-0.3, -0.25) is 0 Å². The summed E-state index contributed by atoms with van der Waals surface area (Å²) in [6.45, 7) is 2.51. The third kappa shape index (κ3) is 3.21. The van der Waals surface area contributed by atoms with Crippen molar-refractivity contribution in [3.63, 3.8) is 0 Å². The minimum Gasteiger partial charge on any atom is -0.224 e. The standard InChI is InChI=1S/C13H19NO4S2/c1-3-20(17,18)14-8-6-11-4-5-13(19(2,15)16)10-12(11)7-9-14/h4-5,10H,3,6-9H2,1-2H3. The Morgan fingerprint density at radius 2 is 1.65 bits per heavy atom. The van der Waals surface area contributed by atoms with Crippen LogP contribution in [0.3, 0.4) is 0 Å². The quantitative estimate of drug-likeness (QED) is 0.828. The van der Waals surface area contributed by atoms with E-state index in [-0.39, 0.29) is 5.75 Å². The van der Waals surface area contributed by atoms with Gasteiger partial charge in [0.25, 0.3) is 0 Å². The smallest absolute Gasteiger partial charge is 0.213 e. The van der Waals surface area contributed by atoms with Crippen LogP contribution in [0.1, 0.15) is 18.1 Å². The van der Waals surface area contributed by atoms with Crippen molar-refractivity contribution in [3.8, 4) is 0 Å². The summed E-state index contributed by atoms with van der Waals surface area (Å²) in [6, 6.07) is 5.07. The highest BCUT2D eigenvalue weighted by Gasteiger charge is 2.23. The van der Waals surface area contributed by atoms with Gasteiger partial charge in [-0.15, -0.1) is 0 Å². The van der Waals surface area contributed by atoms with Crippen molar-refractivity contribution in [2.45, 2.75) is 24.7 Å². The second-order valence-electron chi connectivity index (χ2n) is 5.00. The number of hydrogen-bond acceptors (Lipinski definition) is 4. The molecule has 0 saturated carbocycles. The number of nitrogens with zero attached hydrogens (tertiary/aromatic N) is 1. The van der Waals surface area contributed by atoms with Gasteiger partial charge in [-0.05, 0) is 43.0 Å². The molecule has 0 spiro atoms. The molecule has 7 heteroatoms. The first kappa shape index (κ1) is 15.5. The van der Waals surface area contributed by atoms with Crippen LogP contribution < -0.4 is 0 Å². The highest BCUT2D eigenvalue weighted by Crippen LogP contribution is 2.21. The number of sulfone groups is 1. The average molecular weight is 317 g/mol. The molecular weight excluding hydrogens is 298 g/mol. The summed E-state index contributed by atoms with van der Waals surface area (Å²) in [6.07, 6.45) is 2.36. The van der Waals surface area contributed by atoms with Gasteiger partial charge < -0.3 is 0 Å². The first-order valence-electron chi connectivity index (χ1n) is 6.53. The molecule has 0 unspecified atom stereocenters. The van der Waals surface area contributed by atoms with E-state index < -0.39 is 19.9 Å². The topological polar surface area (TPSA) is 71.5 Å². The van der Waals surface area contributed by atoms with Crippen LogP contribution in [0.2, 0.25) is 0 Å². The van der Waals surface area contributed by atoms with Crippen molar-refractivity contribution in [2.24, 2.45) is 0 Å². The second kappa shape index (κ2) is 5.46. The van der Waals surface area contributed by atoms with E-state index in [4.69, 9.17) is 0 Å². The molecule has 1 heterocycles. The highest BCUT2D eigenvalue weighted by molar-refractivity contribution is 7.90. The van der Waals surface area contributed by atoms with E-state index in [1.807, 2.05) is 0 Å². The summed E-state index contributed by atoms with van der Waals surface area (Å²) in [4.78, 5) is 0.294. The third-order valence-corrected chi connectivity index (χ3v) is 6.62. The predicted molar refractivity (Wildman–Crippen MR) is 78.0 cm³/mol. The lowest BCUT2D eigenvalue weighted by atomic mass is 10.0. The van der Waals surface area contributed by atoms with Crippen LogP contribution in [0.5, 0.6) is 0 Å². The van der Waals surface area contributed by atoms with E-state index in [9.17, 15) is 16.8 Å². The van der Waals surface area contributed by atoms with E-state index in [0.717, 1.165) is 11.1 Å². The first-order chi connectivity index (χ1) is 9.24. The lowest BCUT2D eigenvalue weighted by Crippen LogP contribution is -2.34. The molecule has 0 atom stereocenters. The van der Waals surface area contributed by atoms with Crippen molar-refractivity contribution in [1.82, 2.24) is 4.31 Å². The van der Waals surface area contributed by atoms with E-state index in [1.54, 1.807) is 25.1 Å². The summed E-state index contributed by atoms with van der Waals surface area (Å²) in [7, 11) is -6.41. The molecule has 0 fully saturated rings. The molecule has 0 N–H and O–H groups in total. The van der Waals surface area contributed by atoms with Crippen molar-refractivity contribution >= 4 is 19.9 Å². The number of sulfonamides is 1. The molecule has 1 aliphatic rings. The van der Waals surface area contributed by atoms with Gasteiger partial charge in [0.15, 0.2) is 9.84 Å². The molecular formula is C13H19NO4S2. The first-order valence-corrected chi connectivity index (χ1v) is 10.0. The summed E-state index contributed by atoms with van der Waals surface area (Å²) in [5, 5.41) is 0. The molecule has 0 amide bonds. The second-order valence-corrected chi connectivity index (χ2v) is 9.28. The van der Waals surface area contributed by atoms with Crippen LogP contribution in [0.4, 0.5) is 0 Å². The normalized spacial score (nSPS) is 17.5. The van der Waals surface area contributed by atoms with Crippen LogP contribution in [0.25, 0.3) is 0 Å². The van der Waals surface area contributed by atoms with Gasteiger partial charge in [-0.2, -0.15) is 0 Å². The molecule has 5 nitrogen and oxygen atoms in total. The Morgan fingerprint density at radius 3 is 2.20 bits per heavy atom. The minimum absolute atomic E-state index is 0.0952. The van der Waals surface area contributed by atoms with Crippen molar-refractivity contribution in [1.29, 1.82) is 0 Å². The fourth-order valence-corrected chi connectivity index (χ4v) is 4.15. The predicted octanol–water partition coefficient (Wildman–Crippen LogP) is 0.840. The van der Waals surface area contributed by atoms with Crippen molar-refractivity contribution < 1.29 is 16.8 Å². The van der Waals surface area contributed by atoms with Crippen LogP contribution in [-0.4, -0.2) is 46.2 Å². The van der Waals surface area contributed by atoms with Crippen molar-refractivity contribution in [3.05, 3.63) is 29.3 Å². The van der Waals surface area contributed by atoms with Gasteiger partial charge in [0, 0.05) is 19.3 Å². The lowest BCUT2D eigenvalue weighted by molar-refractivity contribution is 0.427. The summed E-state index contributed by atoms with van der Waals surface area (Å²) >= 11 is 0. The van der Waals surface area contributed by atoms with E-state index >= 15 is 0 Å². The molecule has 0 aromatic heterocycles. The van der Waals surface area contributed by atoms with Gasteiger partial charge in [0.05, 0.1) is 10.6 Å². The molecule has 112 valence electrons. The monoisotopic (exact) mass is 317 g/mol. The van der Waals surface area contributed by atoms with Crippen LogP contribution in [0.15, 0.2) is 23.1 Å². The van der Waals surface area contributed by atoms with Crippen molar-refractivity contribution in [2.75, 3.05) is 25.1 Å². The maximum absolute atomic E-state index is 11.9. The molecule has 2 rings (SSSR count). The minimum atomic E-state index is -3.23.